The van der Waals surface area contributed by atoms with Gasteiger partial charge < -0.3 is 5.11 Å². The minimum absolute atomic E-state index is 0.0390. The van der Waals surface area contributed by atoms with Crippen LogP contribution >= 0.6 is 0 Å². The van der Waals surface area contributed by atoms with Crippen molar-refractivity contribution in [2.45, 2.75) is 13.8 Å². The SMILES string of the molecule is Cc1ccc(-n2cc(C(=O)O)nc2-c2ccccc2)cc1C. The fourth-order valence-electron chi connectivity index (χ4n) is 2.35. The maximum Gasteiger partial charge on any atom is 0.356 e. The standard InChI is InChI=1S/C18H16N2O2/c1-12-8-9-15(10-13(12)2)20-11-16(18(21)22)19-17(20)14-6-4-3-5-7-14/h3-11H,1-2H3,(H,21,22). The number of carboxylic acid groups (broad SMARTS) is 1. The summed E-state index contributed by atoms with van der Waals surface area (Å²) in [5.74, 6) is -0.402. The van der Waals surface area contributed by atoms with E-state index >= 15 is 0 Å². The van der Waals surface area contributed by atoms with Crippen LogP contribution in [0.3, 0.4) is 0 Å². The molecule has 0 saturated heterocycles. The molecular weight excluding hydrogens is 276 g/mol. The predicted molar refractivity (Wildman–Crippen MR) is 85.4 cm³/mol. The molecule has 0 amide bonds. The molecule has 3 rings (SSSR count). The third-order valence-electron chi connectivity index (χ3n) is 3.73. The topological polar surface area (TPSA) is 55.1 Å². The Hall–Kier alpha value is -2.88. The highest BCUT2D eigenvalue weighted by atomic mass is 16.4. The summed E-state index contributed by atoms with van der Waals surface area (Å²) in [4.78, 5) is 15.5. The average Bonchev–Trinajstić information content (AvgIpc) is 2.96. The molecule has 0 aliphatic rings. The quantitative estimate of drug-likeness (QED) is 0.797. The molecule has 0 bridgehead atoms. The smallest absolute Gasteiger partial charge is 0.356 e. The predicted octanol–water partition coefficient (Wildman–Crippen LogP) is 3.85. The molecule has 22 heavy (non-hydrogen) atoms. The Kier molecular flexibility index (Phi) is 3.51. The Bertz CT molecular complexity index is 836. The molecule has 4 nitrogen and oxygen atoms in total. The number of benzene rings is 2. The fraction of sp³-hybridized carbons (Fsp3) is 0.111. The van der Waals surface area contributed by atoms with Gasteiger partial charge in [0.1, 0.15) is 5.82 Å². The van der Waals surface area contributed by atoms with E-state index in [1.54, 1.807) is 6.20 Å². The summed E-state index contributed by atoms with van der Waals surface area (Å²) < 4.78 is 1.82. The van der Waals surface area contributed by atoms with Crippen molar-refractivity contribution in [3.8, 4) is 17.1 Å². The van der Waals surface area contributed by atoms with Gasteiger partial charge in [-0.3, -0.25) is 4.57 Å². The normalized spacial score (nSPS) is 10.6. The van der Waals surface area contributed by atoms with Gasteiger partial charge in [0, 0.05) is 17.4 Å². The Labute approximate surface area is 128 Å². The number of imidazole rings is 1. The highest BCUT2D eigenvalue weighted by Gasteiger charge is 2.15. The van der Waals surface area contributed by atoms with Crippen LogP contribution in [0.15, 0.2) is 54.7 Å². The van der Waals surface area contributed by atoms with E-state index in [0.29, 0.717) is 5.82 Å². The van der Waals surface area contributed by atoms with Gasteiger partial charge >= 0.3 is 5.97 Å². The van der Waals surface area contributed by atoms with Gasteiger partial charge in [0.25, 0.3) is 0 Å². The number of aromatic carboxylic acids is 1. The third kappa shape index (κ3) is 2.51. The summed E-state index contributed by atoms with van der Waals surface area (Å²) in [5.41, 5.74) is 4.18. The number of nitrogens with zero attached hydrogens (tertiary/aromatic N) is 2. The lowest BCUT2D eigenvalue weighted by atomic mass is 10.1. The van der Waals surface area contributed by atoms with Crippen molar-refractivity contribution in [3.05, 3.63) is 71.5 Å². The molecule has 0 aliphatic carbocycles. The van der Waals surface area contributed by atoms with Gasteiger partial charge in [-0.25, -0.2) is 9.78 Å². The molecule has 1 heterocycles. The number of hydrogen-bond donors (Lipinski definition) is 1. The Balaban J connectivity index is 2.21. The van der Waals surface area contributed by atoms with Gasteiger partial charge in [-0.05, 0) is 37.1 Å². The first-order chi connectivity index (χ1) is 10.6. The van der Waals surface area contributed by atoms with Crippen LogP contribution in [-0.2, 0) is 0 Å². The first-order valence-corrected chi connectivity index (χ1v) is 7.02. The Morgan fingerprint density at radius 2 is 1.77 bits per heavy atom. The highest BCUT2D eigenvalue weighted by Crippen LogP contribution is 2.24. The Morgan fingerprint density at radius 1 is 1.05 bits per heavy atom. The largest absolute Gasteiger partial charge is 0.476 e. The van der Waals surface area contributed by atoms with Crippen molar-refractivity contribution in [1.29, 1.82) is 0 Å². The monoisotopic (exact) mass is 292 g/mol. The molecule has 0 saturated carbocycles. The van der Waals surface area contributed by atoms with Crippen molar-refractivity contribution in [2.75, 3.05) is 0 Å². The number of aromatic nitrogens is 2. The summed E-state index contributed by atoms with van der Waals surface area (Å²) in [5, 5.41) is 9.24. The molecule has 0 fully saturated rings. The summed E-state index contributed by atoms with van der Waals surface area (Å²) in [7, 11) is 0. The van der Waals surface area contributed by atoms with Crippen LogP contribution in [0.25, 0.3) is 17.1 Å². The molecule has 3 aromatic rings. The molecule has 110 valence electrons. The van der Waals surface area contributed by atoms with Gasteiger partial charge in [-0.2, -0.15) is 0 Å². The second-order valence-corrected chi connectivity index (χ2v) is 5.26. The second kappa shape index (κ2) is 5.48. The van der Waals surface area contributed by atoms with E-state index in [1.807, 2.05) is 66.9 Å². The molecule has 0 unspecified atom stereocenters. The highest BCUT2D eigenvalue weighted by molar-refractivity contribution is 5.86. The van der Waals surface area contributed by atoms with Crippen LogP contribution in [0, 0.1) is 13.8 Å². The summed E-state index contributed by atoms with van der Waals surface area (Å²) >= 11 is 0. The lowest BCUT2D eigenvalue weighted by Crippen LogP contribution is -1.97. The van der Waals surface area contributed by atoms with Crippen molar-refractivity contribution in [2.24, 2.45) is 0 Å². The molecule has 1 aromatic heterocycles. The zero-order chi connectivity index (χ0) is 15.7. The Morgan fingerprint density at radius 3 is 2.41 bits per heavy atom. The van der Waals surface area contributed by atoms with Crippen molar-refractivity contribution in [3.63, 3.8) is 0 Å². The van der Waals surface area contributed by atoms with E-state index in [2.05, 4.69) is 4.98 Å². The summed E-state index contributed by atoms with van der Waals surface area (Å²) in [6, 6.07) is 15.6. The van der Waals surface area contributed by atoms with Gasteiger partial charge in [0.15, 0.2) is 5.69 Å². The van der Waals surface area contributed by atoms with Crippen LogP contribution < -0.4 is 0 Å². The van der Waals surface area contributed by atoms with Gasteiger partial charge in [0.2, 0.25) is 0 Å². The van der Waals surface area contributed by atoms with Crippen LogP contribution in [-0.4, -0.2) is 20.6 Å². The first kappa shape index (κ1) is 14.1. The van der Waals surface area contributed by atoms with Crippen LogP contribution in [0.5, 0.6) is 0 Å². The van der Waals surface area contributed by atoms with Crippen molar-refractivity contribution >= 4 is 5.97 Å². The molecule has 0 aliphatic heterocycles. The van der Waals surface area contributed by atoms with E-state index in [-0.39, 0.29) is 5.69 Å². The van der Waals surface area contributed by atoms with E-state index < -0.39 is 5.97 Å². The summed E-state index contributed by atoms with van der Waals surface area (Å²) in [6.45, 7) is 4.09. The van der Waals surface area contributed by atoms with Gasteiger partial charge in [0.05, 0.1) is 0 Å². The van der Waals surface area contributed by atoms with Crippen molar-refractivity contribution < 1.29 is 9.90 Å². The van der Waals surface area contributed by atoms with Crippen LogP contribution in [0.1, 0.15) is 21.6 Å². The molecular formula is C18H16N2O2. The minimum atomic E-state index is -1.03. The lowest BCUT2D eigenvalue weighted by molar-refractivity contribution is 0.0691. The van der Waals surface area contributed by atoms with Crippen LogP contribution in [0.4, 0.5) is 0 Å². The van der Waals surface area contributed by atoms with Gasteiger partial charge in [-0.1, -0.05) is 36.4 Å². The van der Waals surface area contributed by atoms with E-state index in [9.17, 15) is 9.90 Å². The summed E-state index contributed by atoms with van der Waals surface area (Å²) in [6.07, 6.45) is 1.56. The number of carboxylic acids is 1. The molecule has 0 spiro atoms. The zero-order valence-corrected chi connectivity index (χ0v) is 12.4. The van der Waals surface area contributed by atoms with E-state index in [1.165, 1.54) is 5.56 Å². The number of hydrogen-bond acceptors (Lipinski definition) is 2. The zero-order valence-electron chi connectivity index (χ0n) is 12.4. The number of rotatable bonds is 3. The number of aryl methyl sites for hydroxylation is 2. The van der Waals surface area contributed by atoms with E-state index in [4.69, 9.17) is 0 Å². The molecule has 4 heteroatoms. The average molecular weight is 292 g/mol. The van der Waals surface area contributed by atoms with Crippen LogP contribution in [0.2, 0.25) is 0 Å². The van der Waals surface area contributed by atoms with Gasteiger partial charge in [-0.15, -0.1) is 0 Å². The third-order valence-corrected chi connectivity index (χ3v) is 3.73. The fourth-order valence-corrected chi connectivity index (χ4v) is 2.35. The second-order valence-electron chi connectivity index (χ2n) is 5.26. The first-order valence-electron chi connectivity index (χ1n) is 7.02. The minimum Gasteiger partial charge on any atom is -0.476 e. The molecule has 2 aromatic carbocycles. The molecule has 0 atom stereocenters. The van der Waals surface area contributed by atoms with Crippen molar-refractivity contribution in [1.82, 2.24) is 9.55 Å². The molecule has 0 radical (unpaired) electrons. The maximum atomic E-state index is 11.3. The lowest BCUT2D eigenvalue weighted by Gasteiger charge is -2.10. The van der Waals surface area contributed by atoms with E-state index in [0.717, 1.165) is 16.8 Å². The maximum absolute atomic E-state index is 11.3. The number of carbonyl (C=O) groups is 1. The molecule has 1 N–H and O–H groups in total.